The van der Waals surface area contributed by atoms with Crippen LogP contribution >= 0.6 is 0 Å². The van der Waals surface area contributed by atoms with Crippen LogP contribution < -0.4 is 10.6 Å². The Bertz CT molecular complexity index is 277. The molecule has 106 valence electrons. The third-order valence-electron chi connectivity index (χ3n) is 2.90. The van der Waals surface area contributed by atoms with E-state index in [9.17, 15) is 13.6 Å². The molecule has 1 amide bonds. The second kappa shape index (κ2) is 6.96. The van der Waals surface area contributed by atoms with Crippen molar-refractivity contribution in [1.29, 1.82) is 0 Å². The highest BCUT2D eigenvalue weighted by Gasteiger charge is 2.42. The zero-order valence-electron chi connectivity index (χ0n) is 10.8. The van der Waals surface area contributed by atoms with Crippen LogP contribution in [0.2, 0.25) is 0 Å². The van der Waals surface area contributed by atoms with Gasteiger partial charge in [-0.05, 0) is 7.05 Å². The maximum Gasteiger partial charge on any atom is 0.262 e. The zero-order chi connectivity index (χ0) is 13.6. The lowest BCUT2D eigenvalue weighted by Crippen LogP contribution is -2.43. The Balaban J connectivity index is 2.14. The summed E-state index contributed by atoms with van der Waals surface area (Å²) < 4.78 is 30.7. The van der Waals surface area contributed by atoms with Crippen molar-refractivity contribution in [3.63, 3.8) is 0 Å². The molecule has 1 aliphatic heterocycles. The van der Waals surface area contributed by atoms with Crippen LogP contribution in [0.15, 0.2) is 0 Å². The predicted molar refractivity (Wildman–Crippen MR) is 63.7 cm³/mol. The third kappa shape index (κ3) is 5.24. The van der Waals surface area contributed by atoms with Crippen molar-refractivity contribution in [3.05, 3.63) is 0 Å². The quantitative estimate of drug-likeness (QED) is 0.662. The van der Waals surface area contributed by atoms with Crippen LogP contribution in [-0.2, 0) is 9.53 Å². The van der Waals surface area contributed by atoms with E-state index in [4.69, 9.17) is 4.74 Å². The van der Waals surface area contributed by atoms with Crippen molar-refractivity contribution in [2.24, 2.45) is 0 Å². The highest BCUT2D eigenvalue weighted by atomic mass is 19.3. The van der Waals surface area contributed by atoms with Gasteiger partial charge in [-0.15, -0.1) is 0 Å². The molecule has 0 bridgehead atoms. The number of methoxy groups -OCH3 is 1. The van der Waals surface area contributed by atoms with Gasteiger partial charge in [-0.3, -0.25) is 10.1 Å². The molecule has 1 heterocycles. The number of amides is 1. The highest BCUT2D eigenvalue weighted by Crippen LogP contribution is 2.24. The van der Waals surface area contributed by atoms with Gasteiger partial charge in [0.1, 0.15) is 0 Å². The Labute approximate surface area is 106 Å². The van der Waals surface area contributed by atoms with Gasteiger partial charge in [0.15, 0.2) is 0 Å². The first-order valence-electron chi connectivity index (χ1n) is 6.01. The molecule has 1 atom stereocenters. The fourth-order valence-electron chi connectivity index (χ4n) is 1.75. The van der Waals surface area contributed by atoms with Gasteiger partial charge in [-0.1, -0.05) is 0 Å². The van der Waals surface area contributed by atoms with E-state index in [1.54, 1.807) is 7.11 Å². The average molecular weight is 265 g/mol. The molecule has 5 nitrogen and oxygen atoms in total. The first-order valence-corrected chi connectivity index (χ1v) is 6.01. The molecule has 0 aromatic heterocycles. The summed E-state index contributed by atoms with van der Waals surface area (Å²) in [4.78, 5) is 13.6. The van der Waals surface area contributed by atoms with Crippen LogP contribution in [0, 0.1) is 0 Å². The topological polar surface area (TPSA) is 53.6 Å². The molecule has 1 aliphatic rings. The van der Waals surface area contributed by atoms with Gasteiger partial charge in [0.05, 0.1) is 19.2 Å². The molecule has 0 aromatic rings. The van der Waals surface area contributed by atoms with E-state index in [0.717, 1.165) is 6.54 Å². The lowest BCUT2D eigenvalue weighted by molar-refractivity contribution is -0.123. The number of ether oxygens (including phenoxy) is 1. The van der Waals surface area contributed by atoms with Crippen LogP contribution in [0.3, 0.4) is 0 Å². The molecule has 0 saturated carbocycles. The molecule has 0 radical (unpaired) electrons. The molecule has 0 aromatic carbocycles. The minimum absolute atomic E-state index is 0.354. The first kappa shape index (κ1) is 15.3. The molecular formula is C11H21F2N3O2. The summed E-state index contributed by atoms with van der Waals surface area (Å²) in [6, 6.07) is -0.774. The van der Waals surface area contributed by atoms with E-state index in [2.05, 4.69) is 10.6 Å². The number of rotatable bonds is 7. The molecule has 0 aliphatic carbocycles. The molecule has 1 rings (SSSR count). The van der Waals surface area contributed by atoms with Crippen LogP contribution in [0.4, 0.5) is 8.78 Å². The Morgan fingerprint density at radius 2 is 2.28 bits per heavy atom. The van der Waals surface area contributed by atoms with Crippen molar-refractivity contribution in [2.45, 2.75) is 18.4 Å². The maximum absolute atomic E-state index is 12.9. The largest absolute Gasteiger partial charge is 0.383 e. The first-order chi connectivity index (χ1) is 8.44. The van der Waals surface area contributed by atoms with E-state index in [-0.39, 0.29) is 5.91 Å². The van der Waals surface area contributed by atoms with Crippen molar-refractivity contribution in [2.75, 3.05) is 46.9 Å². The summed E-state index contributed by atoms with van der Waals surface area (Å²) in [5.41, 5.74) is 0. The Hall–Kier alpha value is -0.790. The number of likely N-dealkylation sites (N-methyl/N-ethyl adjacent to an activating group) is 1. The normalized spacial score (nSPS) is 22.4. The molecule has 2 N–H and O–H groups in total. The standard InChI is InChI=1S/C11H21F2N3O2/c1-16(5-6-18-2)4-3-14-10(17)9-7-11(12,13)8-15-9/h9,15H,3-8H2,1-2H3,(H,14,17). The minimum atomic E-state index is -2.77. The van der Waals surface area contributed by atoms with Crippen molar-refractivity contribution in [1.82, 2.24) is 15.5 Å². The lowest BCUT2D eigenvalue weighted by Gasteiger charge is -2.17. The average Bonchev–Trinajstić information content (AvgIpc) is 2.67. The summed E-state index contributed by atoms with van der Waals surface area (Å²) in [5.74, 6) is -3.12. The maximum atomic E-state index is 12.9. The van der Waals surface area contributed by atoms with Gasteiger partial charge in [0, 0.05) is 33.2 Å². The lowest BCUT2D eigenvalue weighted by atomic mass is 10.2. The molecule has 18 heavy (non-hydrogen) atoms. The van der Waals surface area contributed by atoms with Crippen LogP contribution in [0.1, 0.15) is 6.42 Å². The van der Waals surface area contributed by atoms with Gasteiger partial charge in [-0.25, -0.2) is 8.78 Å². The number of alkyl halides is 2. The Morgan fingerprint density at radius 3 is 2.83 bits per heavy atom. The summed E-state index contributed by atoms with van der Waals surface area (Å²) in [7, 11) is 3.54. The molecule has 1 fully saturated rings. The van der Waals surface area contributed by atoms with Gasteiger partial charge in [0.25, 0.3) is 5.92 Å². The van der Waals surface area contributed by atoms with Crippen molar-refractivity contribution >= 4 is 5.91 Å². The predicted octanol–water partition coefficient (Wildman–Crippen LogP) is -0.322. The summed E-state index contributed by atoms with van der Waals surface area (Å²) >= 11 is 0. The van der Waals surface area contributed by atoms with Gasteiger partial charge >= 0.3 is 0 Å². The second-order valence-corrected chi connectivity index (χ2v) is 4.58. The number of halogens is 2. The zero-order valence-corrected chi connectivity index (χ0v) is 10.8. The van der Waals surface area contributed by atoms with Crippen molar-refractivity contribution < 1.29 is 18.3 Å². The Morgan fingerprint density at radius 1 is 1.56 bits per heavy atom. The van der Waals surface area contributed by atoms with E-state index < -0.39 is 24.9 Å². The number of carbonyl (C=O) groups is 1. The fraction of sp³-hybridized carbons (Fsp3) is 0.909. The number of nitrogens with zero attached hydrogens (tertiary/aromatic N) is 1. The number of hydrogen-bond donors (Lipinski definition) is 2. The van der Waals surface area contributed by atoms with E-state index in [0.29, 0.717) is 19.7 Å². The summed E-state index contributed by atoms with van der Waals surface area (Å²) in [5, 5.41) is 5.18. The second-order valence-electron chi connectivity index (χ2n) is 4.58. The van der Waals surface area contributed by atoms with Crippen LogP contribution in [0.5, 0.6) is 0 Å². The SMILES string of the molecule is COCCN(C)CCNC(=O)C1CC(F)(F)CN1. The molecule has 1 unspecified atom stereocenters. The van der Waals surface area contributed by atoms with Gasteiger partial charge in [-0.2, -0.15) is 0 Å². The fourth-order valence-corrected chi connectivity index (χ4v) is 1.75. The summed E-state index contributed by atoms with van der Waals surface area (Å²) in [6.45, 7) is 2.09. The minimum Gasteiger partial charge on any atom is -0.383 e. The highest BCUT2D eigenvalue weighted by molar-refractivity contribution is 5.82. The van der Waals surface area contributed by atoms with Gasteiger partial charge in [0.2, 0.25) is 5.91 Å². The monoisotopic (exact) mass is 265 g/mol. The van der Waals surface area contributed by atoms with Crippen LogP contribution in [-0.4, -0.2) is 69.7 Å². The molecule has 0 spiro atoms. The molecule has 7 heteroatoms. The smallest absolute Gasteiger partial charge is 0.262 e. The van der Waals surface area contributed by atoms with Crippen LogP contribution in [0.25, 0.3) is 0 Å². The molecular weight excluding hydrogens is 244 g/mol. The van der Waals surface area contributed by atoms with Crippen molar-refractivity contribution in [3.8, 4) is 0 Å². The van der Waals surface area contributed by atoms with Gasteiger partial charge < -0.3 is 15.0 Å². The third-order valence-corrected chi connectivity index (χ3v) is 2.90. The molecule has 1 saturated heterocycles. The van der Waals surface area contributed by atoms with E-state index in [1.807, 2.05) is 11.9 Å². The number of hydrogen-bond acceptors (Lipinski definition) is 4. The van der Waals surface area contributed by atoms with E-state index >= 15 is 0 Å². The number of nitrogens with one attached hydrogen (secondary N) is 2. The number of carbonyl (C=O) groups excluding carboxylic acids is 1. The summed E-state index contributed by atoms with van der Waals surface area (Å²) in [6.07, 6.45) is -0.418. The Kier molecular flexibility index (Phi) is 5.90. The van der Waals surface area contributed by atoms with E-state index in [1.165, 1.54) is 0 Å².